The Morgan fingerprint density at radius 3 is 2.34 bits per heavy atom. The second-order valence-electron chi connectivity index (χ2n) is 8.02. The van der Waals surface area contributed by atoms with Crippen LogP contribution in [0.4, 0.5) is 0 Å². The topological polar surface area (TPSA) is 103 Å². The SMILES string of the molecule is CC[C@H](C)[C@H](NS(=O)(=O)c1ccc(C)cc1)C(=O)Oc1ccc2c(C)c(C)c(=O)oc2c1. The Morgan fingerprint density at radius 2 is 1.72 bits per heavy atom. The van der Waals surface area contributed by atoms with E-state index in [0.717, 1.165) is 16.5 Å². The van der Waals surface area contributed by atoms with Crippen LogP contribution in [0, 0.1) is 26.7 Å². The van der Waals surface area contributed by atoms with Crippen LogP contribution in [0.1, 0.15) is 37.0 Å². The normalized spacial score (nSPS) is 13.7. The predicted octanol–water partition coefficient (Wildman–Crippen LogP) is 4.02. The molecule has 0 amide bonds. The summed E-state index contributed by atoms with van der Waals surface area (Å²) in [7, 11) is -3.93. The van der Waals surface area contributed by atoms with Crippen LogP contribution in [0.5, 0.6) is 5.75 Å². The number of fused-ring (bicyclic) bond motifs is 1. The van der Waals surface area contributed by atoms with Gasteiger partial charge in [-0.1, -0.05) is 38.0 Å². The van der Waals surface area contributed by atoms with E-state index < -0.39 is 27.7 Å². The van der Waals surface area contributed by atoms with Crippen molar-refractivity contribution in [2.45, 2.75) is 52.0 Å². The van der Waals surface area contributed by atoms with Gasteiger partial charge in [0, 0.05) is 17.0 Å². The number of rotatable bonds is 7. The van der Waals surface area contributed by atoms with Gasteiger partial charge in [0.25, 0.3) is 0 Å². The third kappa shape index (κ3) is 4.92. The van der Waals surface area contributed by atoms with E-state index in [2.05, 4.69) is 4.72 Å². The van der Waals surface area contributed by atoms with Crippen LogP contribution in [0.25, 0.3) is 11.0 Å². The molecule has 0 saturated heterocycles. The molecule has 0 bridgehead atoms. The average Bonchev–Trinajstić information content (AvgIpc) is 2.75. The number of esters is 1. The first-order chi connectivity index (χ1) is 15.0. The van der Waals surface area contributed by atoms with Gasteiger partial charge in [0.1, 0.15) is 17.4 Å². The van der Waals surface area contributed by atoms with E-state index in [1.165, 1.54) is 18.2 Å². The van der Waals surface area contributed by atoms with Gasteiger partial charge >= 0.3 is 11.6 Å². The lowest BCUT2D eigenvalue weighted by Crippen LogP contribution is -2.46. The van der Waals surface area contributed by atoms with Crippen LogP contribution in [0.3, 0.4) is 0 Å². The van der Waals surface area contributed by atoms with Crippen molar-refractivity contribution in [1.82, 2.24) is 4.72 Å². The number of sulfonamides is 1. The van der Waals surface area contributed by atoms with Crippen molar-refractivity contribution in [1.29, 1.82) is 0 Å². The van der Waals surface area contributed by atoms with E-state index in [1.54, 1.807) is 38.1 Å². The van der Waals surface area contributed by atoms with Crippen LogP contribution in [-0.4, -0.2) is 20.4 Å². The molecule has 0 fully saturated rings. The minimum absolute atomic E-state index is 0.0718. The Labute approximate surface area is 187 Å². The first kappa shape index (κ1) is 23.7. The zero-order valence-electron chi connectivity index (χ0n) is 18.8. The van der Waals surface area contributed by atoms with Crippen molar-refractivity contribution in [2.75, 3.05) is 0 Å². The summed E-state index contributed by atoms with van der Waals surface area (Å²) < 4.78 is 39.0. The van der Waals surface area contributed by atoms with Crippen molar-refractivity contribution in [3.05, 3.63) is 69.6 Å². The smallest absolute Gasteiger partial charge is 0.339 e. The molecule has 0 aliphatic heterocycles. The molecule has 0 radical (unpaired) electrons. The van der Waals surface area contributed by atoms with E-state index >= 15 is 0 Å². The van der Waals surface area contributed by atoms with Crippen molar-refractivity contribution in [2.24, 2.45) is 5.92 Å². The largest absolute Gasteiger partial charge is 0.425 e. The van der Waals surface area contributed by atoms with E-state index in [9.17, 15) is 18.0 Å². The van der Waals surface area contributed by atoms with Crippen LogP contribution in [-0.2, 0) is 14.8 Å². The molecule has 0 spiro atoms. The summed E-state index contributed by atoms with van der Waals surface area (Å²) in [5.41, 5.74) is 2.07. The first-order valence-corrected chi connectivity index (χ1v) is 11.9. The van der Waals surface area contributed by atoms with Crippen molar-refractivity contribution in [3.63, 3.8) is 0 Å². The van der Waals surface area contributed by atoms with Crippen LogP contribution < -0.4 is 15.1 Å². The Balaban J connectivity index is 1.89. The Morgan fingerprint density at radius 1 is 1.06 bits per heavy atom. The zero-order valence-corrected chi connectivity index (χ0v) is 19.6. The molecule has 0 aliphatic rings. The average molecular weight is 458 g/mol. The lowest BCUT2D eigenvalue weighted by Gasteiger charge is -2.22. The summed E-state index contributed by atoms with van der Waals surface area (Å²) in [5, 5.41) is 0.737. The van der Waals surface area contributed by atoms with E-state index in [1.807, 2.05) is 20.8 Å². The van der Waals surface area contributed by atoms with Gasteiger partial charge in [-0.3, -0.25) is 0 Å². The number of benzene rings is 2. The third-order valence-electron chi connectivity index (χ3n) is 5.73. The van der Waals surface area contributed by atoms with E-state index in [0.29, 0.717) is 17.6 Å². The van der Waals surface area contributed by atoms with E-state index in [-0.39, 0.29) is 16.6 Å². The van der Waals surface area contributed by atoms with Gasteiger partial charge in [0.05, 0.1) is 4.90 Å². The molecule has 0 unspecified atom stereocenters. The zero-order chi connectivity index (χ0) is 23.6. The van der Waals surface area contributed by atoms with Crippen LogP contribution >= 0.6 is 0 Å². The molecule has 3 aromatic rings. The van der Waals surface area contributed by atoms with Crippen LogP contribution in [0.15, 0.2) is 56.6 Å². The lowest BCUT2D eigenvalue weighted by atomic mass is 10.0. The number of carbonyl (C=O) groups is 1. The second-order valence-corrected chi connectivity index (χ2v) is 9.73. The van der Waals surface area contributed by atoms with Gasteiger partial charge in [0.2, 0.25) is 10.0 Å². The number of ether oxygens (including phenoxy) is 1. The number of nitrogens with one attached hydrogen (secondary N) is 1. The van der Waals surface area contributed by atoms with Gasteiger partial charge < -0.3 is 9.15 Å². The lowest BCUT2D eigenvalue weighted by molar-refractivity contribution is -0.137. The molecule has 8 heteroatoms. The maximum atomic E-state index is 13.0. The van der Waals surface area contributed by atoms with Gasteiger partial charge in [-0.2, -0.15) is 4.72 Å². The highest BCUT2D eigenvalue weighted by atomic mass is 32.2. The van der Waals surface area contributed by atoms with Crippen molar-refractivity contribution in [3.8, 4) is 5.75 Å². The third-order valence-corrected chi connectivity index (χ3v) is 7.18. The number of aryl methyl sites for hydroxylation is 2. The highest BCUT2D eigenvalue weighted by Gasteiger charge is 2.31. The molecule has 32 heavy (non-hydrogen) atoms. The fraction of sp³-hybridized carbons (Fsp3) is 0.333. The number of hydrogen-bond donors (Lipinski definition) is 1. The van der Waals surface area contributed by atoms with E-state index in [4.69, 9.17) is 9.15 Å². The molecular formula is C24H27NO6S. The Bertz CT molecular complexity index is 1310. The summed E-state index contributed by atoms with van der Waals surface area (Å²) in [6.07, 6.45) is 0.557. The van der Waals surface area contributed by atoms with Gasteiger partial charge in [-0.05, 0) is 56.5 Å². The molecule has 7 nitrogen and oxygen atoms in total. The maximum Gasteiger partial charge on any atom is 0.339 e. The maximum absolute atomic E-state index is 13.0. The molecule has 3 rings (SSSR count). The molecule has 2 atom stereocenters. The molecule has 1 N–H and O–H groups in total. The summed E-state index contributed by atoms with van der Waals surface area (Å²) >= 11 is 0. The predicted molar refractivity (Wildman–Crippen MR) is 122 cm³/mol. The molecule has 170 valence electrons. The summed E-state index contributed by atoms with van der Waals surface area (Å²) in [6.45, 7) is 9.00. The standard InChI is InChI=1S/C24H27NO6S/c1-6-15(3)22(25-32(28,29)19-10-7-14(2)8-11-19)24(27)30-18-9-12-20-16(4)17(5)23(26)31-21(20)13-18/h7-13,15,22,25H,6H2,1-5H3/t15-,22-/m0/s1. The second kappa shape index (κ2) is 9.26. The minimum atomic E-state index is -3.93. The summed E-state index contributed by atoms with van der Waals surface area (Å²) in [4.78, 5) is 25.0. The quantitative estimate of drug-likeness (QED) is 0.327. The van der Waals surface area contributed by atoms with Crippen molar-refractivity contribution >= 4 is 27.0 Å². The molecule has 1 heterocycles. The minimum Gasteiger partial charge on any atom is -0.425 e. The molecule has 2 aromatic carbocycles. The first-order valence-electron chi connectivity index (χ1n) is 10.4. The number of hydrogen-bond acceptors (Lipinski definition) is 6. The summed E-state index contributed by atoms with van der Waals surface area (Å²) in [5.74, 6) is -0.886. The van der Waals surface area contributed by atoms with Gasteiger partial charge in [-0.15, -0.1) is 0 Å². The highest BCUT2D eigenvalue weighted by molar-refractivity contribution is 7.89. The fourth-order valence-electron chi connectivity index (χ4n) is 3.26. The highest BCUT2D eigenvalue weighted by Crippen LogP contribution is 2.25. The van der Waals surface area contributed by atoms with Gasteiger partial charge in [0.15, 0.2) is 0 Å². The molecular weight excluding hydrogens is 430 g/mol. The fourth-order valence-corrected chi connectivity index (χ4v) is 4.55. The Kier molecular flexibility index (Phi) is 6.85. The monoisotopic (exact) mass is 457 g/mol. The molecule has 1 aromatic heterocycles. The Hall–Kier alpha value is -2.97. The summed E-state index contributed by atoms with van der Waals surface area (Å²) in [6, 6.07) is 10.0. The van der Waals surface area contributed by atoms with Crippen LogP contribution in [0.2, 0.25) is 0 Å². The number of carbonyl (C=O) groups excluding carboxylic acids is 1. The molecule has 0 saturated carbocycles. The molecule has 0 aliphatic carbocycles. The van der Waals surface area contributed by atoms with Crippen molar-refractivity contribution < 1.29 is 22.4 Å². The van der Waals surface area contributed by atoms with Gasteiger partial charge in [-0.25, -0.2) is 18.0 Å².